The summed E-state index contributed by atoms with van der Waals surface area (Å²) in [5.41, 5.74) is 3.11. The Morgan fingerprint density at radius 2 is 1.19 bits per heavy atom. The predicted octanol–water partition coefficient (Wildman–Crippen LogP) is 9.78. The zero-order valence-corrected chi connectivity index (χ0v) is 20.0. The molecule has 0 atom stereocenters. The van der Waals surface area contributed by atoms with Gasteiger partial charge in [-0.1, -0.05) is 63.8 Å². The Morgan fingerprint density at radius 1 is 0.656 bits per heavy atom. The van der Waals surface area contributed by atoms with Gasteiger partial charge in [0, 0.05) is 5.56 Å². The highest BCUT2D eigenvalue weighted by Gasteiger charge is 2.26. The van der Waals surface area contributed by atoms with Gasteiger partial charge in [-0.2, -0.15) is 0 Å². The van der Waals surface area contributed by atoms with E-state index in [1.54, 1.807) is 0 Å². The minimum atomic E-state index is -0.287. The van der Waals surface area contributed by atoms with Gasteiger partial charge in [0.15, 0.2) is 0 Å². The molecule has 2 aromatic carbocycles. The molecule has 0 N–H and O–H groups in total. The second-order valence-corrected chi connectivity index (χ2v) is 10.5. The SMILES string of the molecule is CCCC1CCC(c2ccc(-c3cc(F)c(C4CCC(CCC)CC4)cc3F)cc2)CC1. The van der Waals surface area contributed by atoms with Crippen LogP contribution in [0.4, 0.5) is 8.78 Å². The van der Waals surface area contributed by atoms with Crippen LogP contribution < -0.4 is 0 Å². The van der Waals surface area contributed by atoms with Crippen LogP contribution in [0.1, 0.15) is 114 Å². The van der Waals surface area contributed by atoms with E-state index in [0.717, 1.165) is 43.1 Å². The van der Waals surface area contributed by atoms with E-state index in [1.807, 2.05) is 12.1 Å². The van der Waals surface area contributed by atoms with Crippen LogP contribution in [0.25, 0.3) is 11.1 Å². The van der Waals surface area contributed by atoms with Crippen molar-refractivity contribution in [3.8, 4) is 11.1 Å². The van der Waals surface area contributed by atoms with Gasteiger partial charge >= 0.3 is 0 Å². The topological polar surface area (TPSA) is 0 Å². The Bertz CT molecular complexity index is 853. The third-order valence-corrected chi connectivity index (χ3v) is 8.31. The summed E-state index contributed by atoms with van der Waals surface area (Å²) in [6.07, 6.45) is 14.5. The summed E-state index contributed by atoms with van der Waals surface area (Å²) in [4.78, 5) is 0. The third kappa shape index (κ3) is 5.43. The maximum Gasteiger partial charge on any atom is 0.131 e. The Morgan fingerprint density at radius 3 is 1.72 bits per heavy atom. The number of halogens is 2. The molecule has 0 saturated heterocycles. The van der Waals surface area contributed by atoms with Crippen molar-refractivity contribution in [1.82, 2.24) is 0 Å². The highest BCUT2D eigenvalue weighted by Crippen LogP contribution is 2.41. The molecule has 4 rings (SSSR count). The number of hydrogen-bond donors (Lipinski definition) is 0. The maximum atomic E-state index is 15.1. The van der Waals surface area contributed by atoms with Gasteiger partial charge in [-0.15, -0.1) is 0 Å². The molecule has 2 aliphatic rings. The van der Waals surface area contributed by atoms with Gasteiger partial charge in [0.2, 0.25) is 0 Å². The summed E-state index contributed by atoms with van der Waals surface area (Å²) in [7, 11) is 0. The van der Waals surface area contributed by atoms with Crippen LogP contribution in [0.3, 0.4) is 0 Å². The normalized spacial score (nSPS) is 26.2. The van der Waals surface area contributed by atoms with Crippen molar-refractivity contribution in [3.63, 3.8) is 0 Å². The first kappa shape index (κ1) is 23.5. The zero-order chi connectivity index (χ0) is 22.5. The average Bonchev–Trinajstić information content (AvgIpc) is 2.82. The van der Waals surface area contributed by atoms with Gasteiger partial charge in [-0.05, 0) is 104 Å². The number of hydrogen-bond acceptors (Lipinski definition) is 0. The van der Waals surface area contributed by atoms with Gasteiger partial charge in [0.1, 0.15) is 11.6 Å². The highest BCUT2D eigenvalue weighted by molar-refractivity contribution is 5.65. The second-order valence-electron chi connectivity index (χ2n) is 10.5. The maximum absolute atomic E-state index is 15.1. The molecule has 0 heterocycles. The molecule has 2 aromatic rings. The van der Waals surface area contributed by atoms with Crippen molar-refractivity contribution in [1.29, 1.82) is 0 Å². The molecule has 0 unspecified atom stereocenters. The van der Waals surface area contributed by atoms with Crippen molar-refractivity contribution in [2.45, 2.75) is 103 Å². The molecule has 0 nitrogen and oxygen atoms in total. The van der Waals surface area contributed by atoms with Gasteiger partial charge in [0.25, 0.3) is 0 Å². The van der Waals surface area contributed by atoms with E-state index in [2.05, 4.69) is 26.0 Å². The molecule has 32 heavy (non-hydrogen) atoms. The molecule has 0 aliphatic heterocycles. The first-order chi connectivity index (χ1) is 15.6. The molecule has 2 heteroatoms. The summed E-state index contributed by atoms with van der Waals surface area (Å²) in [6.45, 7) is 4.50. The minimum absolute atomic E-state index is 0.164. The Hall–Kier alpha value is -1.70. The van der Waals surface area contributed by atoms with E-state index in [-0.39, 0.29) is 17.6 Å². The first-order valence-corrected chi connectivity index (χ1v) is 13.2. The van der Waals surface area contributed by atoms with Crippen LogP contribution in [0.2, 0.25) is 0 Å². The first-order valence-electron chi connectivity index (χ1n) is 13.2. The van der Waals surface area contributed by atoms with Crippen molar-refractivity contribution in [3.05, 3.63) is 59.2 Å². The summed E-state index contributed by atoms with van der Waals surface area (Å²) < 4.78 is 30.1. The van der Waals surface area contributed by atoms with Gasteiger partial charge in [-0.25, -0.2) is 8.78 Å². The third-order valence-electron chi connectivity index (χ3n) is 8.31. The fraction of sp³-hybridized carbons (Fsp3) is 0.600. The van der Waals surface area contributed by atoms with E-state index >= 15 is 8.78 Å². The second kappa shape index (κ2) is 10.9. The molecule has 0 amide bonds. The lowest BCUT2D eigenvalue weighted by Gasteiger charge is -2.29. The monoisotopic (exact) mass is 438 g/mol. The molecule has 2 aliphatic carbocycles. The standard InChI is InChI=1S/C30H40F2/c1-3-5-21-7-11-23(12-8-21)24-15-17-26(18-16-24)28-20-29(31)27(19-30(28)32)25-13-9-22(6-4-2)10-14-25/h15-23,25H,3-14H2,1-2H3. The van der Waals surface area contributed by atoms with Crippen LogP contribution in [-0.4, -0.2) is 0 Å². The molecular weight excluding hydrogens is 398 g/mol. The van der Waals surface area contributed by atoms with E-state index in [0.29, 0.717) is 17.0 Å². The van der Waals surface area contributed by atoms with Gasteiger partial charge in [-0.3, -0.25) is 0 Å². The predicted molar refractivity (Wildman–Crippen MR) is 131 cm³/mol. The van der Waals surface area contributed by atoms with Crippen LogP contribution in [0.15, 0.2) is 36.4 Å². The largest absolute Gasteiger partial charge is 0.207 e. The average molecular weight is 439 g/mol. The fourth-order valence-corrected chi connectivity index (χ4v) is 6.39. The Kier molecular flexibility index (Phi) is 8.02. The van der Waals surface area contributed by atoms with E-state index in [1.165, 1.54) is 69.1 Å². The lowest BCUT2D eigenvalue weighted by atomic mass is 9.76. The minimum Gasteiger partial charge on any atom is -0.207 e. The molecule has 0 spiro atoms. The summed E-state index contributed by atoms with van der Waals surface area (Å²) in [5.74, 6) is 1.92. The van der Waals surface area contributed by atoms with Crippen molar-refractivity contribution >= 4 is 0 Å². The number of rotatable bonds is 7. The Labute approximate surface area is 193 Å². The fourth-order valence-electron chi connectivity index (χ4n) is 6.39. The molecule has 174 valence electrons. The summed E-state index contributed by atoms with van der Waals surface area (Å²) in [6, 6.07) is 11.2. The highest BCUT2D eigenvalue weighted by atomic mass is 19.1. The van der Waals surface area contributed by atoms with Crippen molar-refractivity contribution in [2.75, 3.05) is 0 Å². The molecular formula is C30H40F2. The summed E-state index contributed by atoms with van der Waals surface area (Å²) in [5, 5.41) is 0. The lowest BCUT2D eigenvalue weighted by molar-refractivity contribution is 0.304. The lowest BCUT2D eigenvalue weighted by Crippen LogP contribution is -2.14. The van der Waals surface area contributed by atoms with Crippen LogP contribution in [-0.2, 0) is 0 Å². The smallest absolute Gasteiger partial charge is 0.131 e. The van der Waals surface area contributed by atoms with Crippen LogP contribution in [0.5, 0.6) is 0 Å². The molecule has 0 bridgehead atoms. The van der Waals surface area contributed by atoms with Crippen molar-refractivity contribution in [2.24, 2.45) is 11.8 Å². The van der Waals surface area contributed by atoms with E-state index in [9.17, 15) is 0 Å². The Balaban J connectivity index is 1.43. The van der Waals surface area contributed by atoms with Crippen LogP contribution in [0, 0.1) is 23.5 Å². The molecule has 2 saturated carbocycles. The summed E-state index contributed by atoms with van der Waals surface area (Å²) >= 11 is 0. The van der Waals surface area contributed by atoms with Crippen LogP contribution >= 0.6 is 0 Å². The quantitative estimate of drug-likeness (QED) is 0.403. The molecule has 2 fully saturated rings. The zero-order valence-electron chi connectivity index (χ0n) is 20.0. The van der Waals surface area contributed by atoms with E-state index < -0.39 is 0 Å². The van der Waals surface area contributed by atoms with Gasteiger partial charge in [0.05, 0.1) is 0 Å². The van der Waals surface area contributed by atoms with Crippen molar-refractivity contribution < 1.29 is 8.78 Å². The molecule has 0 aromatic heterocycles. The van der Waals surface area contributed by atoms with E-state index in [4.69, 9.17) is 0 Å². The molecule has 0 radical (unpaired) electrons. The van der Waals surface area contributed by atoms with Gasteiger partial charge < -0.3 is 0 Å². The number of benzene rings is 2.